The van der Waals surface area contributed by atoms with Gasteiger partial charge >= 0.3 is 5.97 Å². The average molecular weight is 425 g/mol. The summed E-state index contributed by atoms with van der Waals surface area (Å²) < 4.78 is 5.22. The Hall–Kier alpha value is -3.59. The van der Waals surface area contributed by atoms with Crippen molar-refractivity contribution in [2.45, 2.75) is 6.92 Å². The van der Waals surface area contributed by atoms with Crippen molar-refractivity contribution in [1.29, 1.82) is 0 Å². The number of nitrogens with two attached hydrogens (primary N) is 1. The summed E-state index contributed by atoms with van der Waals surface area (Å²) in [5, 5.41) is 9.64. The minimum absolute atomic E-state index is 0.131. The Balaban J connectivity index is 1.82. The van der Waals surface area contributed by atoms with Gasteiger partial charge in [0.15, 0.2) is 11.8 Å². The van der Waals surface area contributed by atoms with Crippen molar-refractivity contribution in [3.63, 3.8) is 0 Å². The fourth-order valence-corrected chi connectivity index (χ4v) is 3.56. The van der Waals surface area contributed by atoms with E-state index in [9.17, 15) is 19.5 Å². The Morgan fingerprint density at radius 1 is 1.23 bits per heavy atom. The Bertz CT molecular complexity index is 1080. The quantitative estimate of drug-likeness (QED) is 0.686. The molecule has 0 unspecified atom stereocenters. The summed E-state index contributed by atoms with van der Waals surface area (Å²) in [6.45, 7) is 1.62. The SMILES string of the molecule is Cc1ccc(C(=O)O)cc1N=C1S/C(=C\c2ccc(OCC(N)=O)cc2)C(=O)N1C. The highest BCUT2D eigenvalue weighted by Crippen LogP contribution is 2.34. The van der Waals surface area contributed by atoms with Crippen LogP contribution in [0.25, 0.3) is 6.08 Å². The third-order valence-corrected chi connectivity index (χ3v) is 5.29. The number of amides is 2. The van der Waals surface area contributed by atoms with Gasteiger partial charge in [0.1, 0.15) is 5.75 Å². The van der Waals surface area contributed by atoms with Crippen LogP contribution in [0.1, 0.15) is 21.5 Å². The minimum atomic E-state index is -1.04. The van der Waals surface area contributed by atoms with E-state index in [4.69, 9.17) is 10.5 Å². The topological polar surface area (TPSA) is 122 Å². The second-order valence-electron chi connectivity index (χ2n) is 6.50. The van der Waals surface area contributed by atoms with Gasteiger partial charge in [0, 0.05) is 7.05 Å². The van der Waals surface area contributed by atoms with Gasteiger partial charge in [-0.15, -0.1) is 0 Å². The summed E-state index contributed by atoms with van der Waals surface area (Å²) >= 11 is 1.21. The van der Waals surface area contributed by atoms with Crippen molar-refractivity contribution < 1.29 is 24.2 Å². The van der Waals surface area contributed by atoms with Gasteiger partial charge in [0.25, 0.3) is 11.8 Å². The molecule has 3 rings (SSSR count). The van der Waals surface area contributed by atoms with Gasteiger partial charge < -0.3 is 15.6 Å². The molecular formula is C21H19N3O5S. The Kier molecular flexibility index (Phi) is 6.22. The van der Waals surface area contributed by atoms with Gasteiger partial charge in [-0.25, -0.2) is 9.79 Å². The highest BCUT2D eigenvalue weighted by atomic mass is 32.2. The number of amidine groups is 1. The number of benzene rings is 2. The summed E-state index contributed by atoms with van der Waals surface area (Å²) in [6, 6.07) is 11.6. The number of aryl methyl sites for hydroxylation is 1. The van der Waals surface area contributed by atoms with Crippen LogP contribution in [0.5, 0.6) is 5.75 Å². The molecule has 2 aromatic rings. The van der Waals surface area contributed by atoms with Crippen LogP contribution < -0.4 is 10.5 Å². The van der Waals surface area contributed by atoms with Crippen LogP contribution in [-0.4, -0.2) is 46.6 Å². The smallest absolute Gasteiger partial charge is 0.335 e. The number of aliphatic imine (C=N–C) groups is 1. The number of primary amides is 1. The molecule has 1 aliphatic rings. The van der Waals surface area contributed by atoms with Crippen molar-refractivity contribution in [1.82, 2.24) is 4.90 Å². The number of nitrogens with zero attached hydrogens (tertiary/aromatic N) is 2. The maximum atomic E-state index is 12.6. The summed E-state index contributed by atoms with van der Waals surface area (Å²) in [6.07, 6.45) is 1.73. The van der Waals surface area contributed by atoms with Crippen molar-refractivity contribution in [3.8, 4) is 5.75 Å². The molecule has 154 valence electrons. The Morgan fingerprint density at radius 3 is 2.57 bits per heavy atom. The average Bonchev–Trinajstić information content (AvgIpc) is 2.96. The fourth-order valence-electron chi connectivity index (χ4n) is 2.58. The Morgan fingerprint density at radius 2 is 1.93 bits per heavy atom. The predicted octanol–water partition coefficient (Wildman–Crippen LogP) is 2.79. The zero-order chi connectivity index (χ0) is 21.8. The number of likely N-dealkylation sites (N-methyl/N-ethyl adjacent to an activating group) is 1. The van der Waals surface area contributed by atoms with Gasteiger partial charge in [-0.2, -0.15) is 0 Å². The van der Waals surface area contributed by atoms with Crippen molar-refractivity contribution in [2.24, 2.45) is 10.7 Å². The third-order valence-electron chi connectivity index (χ3n) is 4.23. The molecule has 0 aromatic heterocycles. The number of carbonyl (C=O) groups excluding carboxylic acids is 2. The molecule has 0 atom stereocenters. The van der Waals surface area contributed by atoms with Crippen LogP contribution in [0.2, 0.25) is 0 Å². The van der Waals surface area contributed by atoms with Crippen LogP contribution >= 0.6 is 11.8 Å². The van der Waals surface area contributed by atoms with Crippen molar-refractivity contribution in [3.05, 3.63) is 64.1 Å². The molecule has 2 amide bonds. The van der Waals surface area contributed by atoms with Crippen LogP contribution in [0.3, 0.4) is 0 Å². The van der Waals surface area contributed by atoms with E-state index >= 15 is 0 Å². The number of hydrogen-bond donors (Lipinski definition) is 2. The number of thioether (sulfide) groups is 1. The van der Waals surface area contributed by atoms with Gasteiger partial charge in [0.05, 0.1) is 16.2 Å². The van der Waals surface area contributed by atoms with E-state index in [0.29, 0.717) is 21.5 Å². The lowest BCUT2D eigenvalue weighted by Gasteiger charge is -2.08. The van der Waals surface area contributed by atoms with E-state index in [1.165, 1.54) is 28.8 Å². The number of hydrogen-bond acceptors (Lipinski definition) is 6. The molecule has 1 fully saturated rings. The molecule has 30 heavy (non-hydrogen) atoms. The number of aromatic carboxylic acids is 1. The second-order valence-corrected chi connectivity index (χ2v) is 7.51. The van der Waals surface area contributed by atoms with Gasteiger partial charge in [-0.3, -0.25) is 14.5 Å². The zero-order valence-corrected chi connectivity index (χ0v) is 17.1. The van der Waals surface area contributed by atoms with Crippen LogP contribution in [0.4, 0.5) is 5.69 Å². The first-order valence-electron chi connectivity index (χ1n) is 8.86. The van der Waals surface area contributed by atoms with E-state index in [1.807, 2.05) is 6.92 Å². The lowest BCUT2D eigenvalue weighted by atomic mass is 10.1. The maximum Gasteiger partial charge on any atom is 0.335 e. The van der Waals surface area contributed by atoms with E-state index in [2.05, 4.69) is 4.99 Å². The number of carboxylic acids is 1. The largest absolute Gasteiger partial charge is 0.484 e. The number of ether oxygens (including phenoxy) is 1. The summed E-state index contributed by atoms with van der Waals surface area (Å²) in [5.41, 5.74) is 7.25. The maximum absolute atomic E-state index is 12.6. The third kappa shape index (κ3) is 4.87. The zero-order valence-electron chi connectivity index (χ0n) is 16.3. The number of carboxylic acid groups (broad SMARTS) is 1. The summed E-state index contributed by atoms with van der Waals surface area (Å²) in [5.74, 6) is -1.31. The fraction of sp³-hybridized carbons (Fsp3) is 0.143. The highest BCUT2D eigenvalue weighted by molar-refractivity contribution is 8.18. The van der Waals surface area contributed by atoms with E-state index in [0.717, 1.165) is 11.1 Å². The van der Waals surface area contributed by atoms with E-state index < -0.39 is 11.9 Å². The summed E-state index contributed by atoms with van der Waals surface area (Å²) in [7, 11) is 1.62. The lowest BCUT2D eigenvalue weighted by molar-refractivity contribution is -0.121. The Labute approximate surface area is 177 Å². The lowest BCUT2D eigenvalue weighted by Crippen LogP contribution is -2.23. The highest BCUT2D eigenvalue weighted by Gasteiger charge is 2.30. The minimum Gasteiger partial charge on any atom is -0.484 e. The van der Waals surface area contributed by atoms with E-state index in [-0.39, 0.29) is 18.1 Å². The van der Waals surface area contributed by atoms with Crippen molar-refractivity contribution in [2.75, 3.05) is 13.7 Å². The monoisotopic (exact) mass is 425 g/mol. The molecule has 0 bridgehead atoms. The first-order chi connectivity index (χ1) is 14.2. The first-order valence-corrected chi connectivity index (χ1v) is 9.67. The molecule has 0 radical (unpaired) electrons. The van der Waals surface area contributed by atoms with Crippen LogP contribution in [-0.2, 0) is 9.59 Å². The molecule has 9 heteroatoms. The standard InChI is InChI=1S/C21H19N3O5S/c1-12-3-6-14(20(27)28)10-16(12)23-21-24(2)19(26)17(30-21)9-13-4-7-15(8-5-13)29-11-18(22)25/h3-10H,11H2,1-2H3,(H2,22,25)(H,27,28)/b17-9-,23-21?. The number of rotatable bonds is 6. The van der Waals surface area contributed by atoms with Crippen LogP contribution in [0, 0.1) is 6.92 Å². The number of carbonyl (C=O) groups is 3. The normalized spacial score (nSPS) is 16.3. The molecule has 1 aliphatic heterocycles. The van der Waals surface area contributed by atoms with Gasteiger partial charge in [0.2, 0.25) is 0 Å². The molecule has 2 aromatic carbocycles. The second kappa shape index (κ2) is 8.83. The van der Waals surface area contributed by atoms with Crippen LogP contribution in [0.15, 0.2) is 52.4 Å². The first kappa shape index (κ1) is 21.1. The molecule has 1 heterocycles. The van der Waals surface area contributed by atoms with E-state index in [1.54, 1.807) is 43.5 Å². The summed E-state index contributed by atoms with van der Waals surface area (Å²) in [4.78, 5) is 41.0. The van der Waals surface area contributed by atoms with Crippen molar-refractivity contribution >= 4 is 46.5 Å². The molecular weight excluding hydrogens is 406 g/mol. The molecule has 0 saturated carbocycles. The molecule has 1 saturated heterocycles. The van der Waals surface area contributed by atoms with Gasteiger partial charge in [-0.05, 0) is 60.2 Å². The molecule has 3 N–H and O–H groups in total. The molecule has 0 aliphatic carbocycles. The predicted molar refractivity (Wildman–Crippen MR) is 115 cm³/mol. The molecule has 0 spiro atoms. The van der Waals surface area contributed by atoms with Gasteiger partial charge in [-0.1, -0.05) is 18.2 Å². The molecule has 8 nitrogen and oxygen atoms in total.